The zero-order valence-corrected chi connectivity index (χ0v) is 19.7. The molecule has 2 heterocycles. The summed E-state index contributed by atoms with van der Waals surface area (Å²) in [6.45, 7) is 2.96. The van der Waals surface area contributed by atoms with E-state index < -0.39 is 11.9 Å². The molecule has 1 atom stereocenters. The third-order valence-electron chi connectivity index (χ3n) is 6.59. The van der Waals surface area contributed by atoms with Gasteiger partial charge in [0.2, 0.25) is 5.91 Å². The molecule has 1 aromatic rings. The number of nitrogens with zero attached hydrogens (tertiary/aromatic N) is 3. The van der Waals surface area contributed by atoms with Crippen molar-refractivity contribution in [3.05, 3.63) is 24.0 Å². The van der Waals surface area contributed by atoms with E-state index in [-0.39, 0.29) is 18.6 Å². The van der Waals surface area contributed by atoms with Gasteiger partial charge >= 0.3 is 6.09 Å². The third kappa shape index (κ3) is 5.55. The summed E-state index contributed by atoms with van der Waals surface area (Å²) >= 11 is 5.48. The van der Waals surface area contributed by atoms with Crippen LogP contribution in [0.1, 0.15) is 25.7 Å². The van der Waals surface area contributed by atoms with Crippen LogP contribution in [0, 0.1) is 11.7 Å². The lowest BCUT2D eigenvalue weighted by atomic mass is 10.1. The number of amides is 2. The fourth-order valence-corrected chi connectivity index (χ4v) is 5.04. The summed E-state index contributed by atoms with van der Waals surface area (Å²) in [5.41, 5.74) is 0.932. The van der Waals surface area contributed by atoms with E-state index in [2.05, 4.69) is 5.32 Å². The van der Waals surface area contributed by atoms with Crippen LogP contribution >= 0.6 is 12.2 Å². The van der Waals surface area contributed by atoms with Crippen LogP contribution in [0.4, 0.5) is 20.6 Å². The largest absolute Gasteiger partial charge is 0.442 e. The van der Waals surface area contributed by atoms with Crippen molar-refractivity contribution < 1.29 is 23.5 Å². The molecule has 1 aliphatic carbocycles. The molecule has 3 aliphatic rings. The molecule has 0 spiro atoms. The second-order valence-electron chi connectivity index (χ2n) is 8.78. The first-order valence-corrected chi connectivity index (χ1v) is 11.9. The lowest BCUT2D eigenvalue weighted by Crippen LogP contribution is -2.50. The van der Waals surface area contributed by atoms with Crippen LogP contribution in [-0.2, 0) is 14.3 Å². The number of methoxy groups -OCH3 is 1. The standard InChI is InChI=1S/C23H31FN4O4S/c1-31-15-21(29)27-10-8-26(9-11-27)20-7-6-17(12-19(20)24)28-14-18(32-23(28)30)13-25-22(33)16-4-2-3-5-16/h6-7,12,16,18H,2-5,8-11,13-15H2,1H3,(H,25,33). The highest BCUT2D eigenvalue weighted by atomic mass is 32.1. The van der Waals surface area contributed by atoms with E-state index >= 15 is 0 Å². The molecule has 10 heteroatoms. The molecule has 2 amide bonds. The molecule has 1 unspecified atom stereocenters. The Morgan fingerprint density at radius 1 is 1.24 bits per heavy atom. The Balaban J connectivity index is 1.31. The van der Waals surface area contributed by atoms with E-state index in [9.17, 15) is 14.0 Å². The number of carbonyl (C=O) groups is 2. The van der Waals surface area contributed by atoms with Crippen LogP contribution < -0.4 is 15.1 Å². The van der Waals surface area contributed by atoms with Gasteiger partial charge in [0.05, 0.1) is 29.5 Å². The Kier molecular flexibility index (Phi) is 7.64. The summed E-state index contributed by atoms with van der Waals surface area (Å²) in [6, 6.07) is 4.80. The summed E-state index contributed by atoms with van der Waals surface area (Å²) in [4.78, 5) is 30.3. The van der Waals surface area contributed by atoms with Gasteiger partial charge in [-0.1, -0.05) is 25.1 Å². The van der Waals surface area contributed by atoms with Gasteiger partial charge in [0, 0.05) is 39.2 Å². The first-order valence-electron chi connectivity index (χ1n) is 11.5. The minimum Gasteiger partial charge on any atom is -0.442 e. The van der Waals surface area contributed by atoms with E-state index in [0.29, 0.717) is 56.6 Å². The number of benzene rings is 1. The van der Waals surface area contributed by atoms with E-state index in [1.54, 1.807) is 17.0 Å². The first kappa shape index (κ1) is 23.7. The molecular formula is C23H31FN4O4S. The topological polar surface area (TPSA) is 74.3 Å². The van der Waals surface area contributed by atoms with Crippen LogP contribution in [0.5, 0.6) is 0 Å². The molecule has 2 aliphatic heterocycles. The Morgan fingerprint density at radius 3 is 2.64 bits per heavy atom. The van der Waals surface area contributed by atoms with Crippen molar-refractivity contribution in [1.29, 1.82) is 0 Å². The highest BCUT2D eigenvalue weighted by Crippen LogP contribution is 2.29. The predicted molar refractivity (Wildman–Crippen MR) is 127 cm³/mol. The third-order valence-corrected chi connectivity index (χ3v) is 7.07. The number of piperazine rings is 1. The number of thiocarbonyl (C=S) groups is 1. The van der Waals surface area contributed by atoms with E-state index in [1.165, 1.54) is 30.9 Å². The van der Waals surface area contributed by atoms with Crippen molar-refractivity contribution in [2.45, 2.75) is 31.8 Å². The van der Waals surface area contributed by atoms with Gasteiger partial charge in [-0.15, -0.1) is 0 Å². The van der Waals surface area contributed by atoms with Crippen molar-refractivity contribution >= 4 is 40.6 Å². The van der Waals surface area contributed by atoms with Gasteiger partial charge in [0.25, 0.3) is 0 Å². The normalized spacial score (nSPS) is 21.5. The molecular weight excluding hydrogens is 447 g/mol. The second-order valence-corrected chi connectivity index (χ2v) is 9.22. The number of hydrogen-bond donors (Lipinski definition) is 1. The van der Waals surface area contributed by atoms with E-state index in [0.717, 1.165) is 17.8 Å². The Hall–Kier alpha value is -2.46. The highest BCUT2D eigenvalue weighted by molar-refractivity contribution is 7.80. The fourth-order valence-electron chi connectivity index (χ4n) is 4.72. The predicted octanol–water partition coefficient (Wildman–Crippen LogP) is 2.55. The van der Waals surface area contributed by atoms with Gasteiger partial charge in [-0.2, -0.15) is 0 Å². The molecule has 33 heavy (non-hydrogen) atoms. The summed E-state index contributed by atoms with van der Waals surface area (Å²) in [5, 5.41) is 3.25. The minimum atomic E-state index is -0.481. The Morgan fingerprint density at radius 2 is 1.97 bits per heavy atom. The molecule has 0 radical (unpaired) electrons. The molecule has 180 valence electrons. The van der Waals surface area contributed by atoms with E-state index in [4.69, 9.17) is 21.7 Å². The lowest BCUT2D eigenvalue weighted by molar-refractivity contribution is -0.135. The van der Waals surface area contributed by atoms with E-state index in [1.807, 2.05) is 4.90 Å². The quantitative estimate of drug-likeness (QED) is 0.604. The van der Waals surface area contributed by atoms with Crippen molar-refractivity contribution in [3.63, 3.8) is 0 Å². The lowest BCUT2D eigenvalue weighted by Gasteiger charge is -2.36. The summed E-state index contributed by atoms with van der Waals surface area (Å²) in [7, 11) is 1.49. The molecule has 2 saturated heterocycles. The zero-order chi connectivity index (χ0) is 23.4. The van der Waals surface area contributed by atoms with Crippen molar-refractivity contribution in [1.82, 2.24) is 10.2 Å². The number of cyclic esters (lactones) is 1. The number of nitrogens with one attached hydrogen (secondary N) is 1. The molecule has 1 aromatic carbocycles. The van der Waals surface area contributed by atoms with Crippen LogP contribution in [0.3, 0.4) is 0 Å². The van der Waals surface area contributed by atoms with Crippen LogP contribution in [0.2, 0.25) is 0 Å². The zero-order valence-electron chi connectivity index (χ0n) is 18.9. The van der Waals surface area contributed by atoms with Gasteiger partial charge in [0.15, 0.2) is 0 Å². The molecule has 3 fully saturated rings. The maximum Gasteiger partial charge on any atom is 0.414 e. The van der Waals surface area contributed by atoms with Crippen molar-refractivity contribution in [3.8, 4) is 0 Å². The molecule has 1 N–H and O–H groups in total. The molecule has 4 rings (SSSR count). The van der Waals surface area contributed by atoms with Crippen LogP contribution in [-0.4, -0.2) is 81.0 Å². The Bertz CT molecular complexity index is 887. The number of hydrogen-bond acceptors (Lipinski definition) is 6. The summed E-state index contributed by atoms with van der Waals surface area (Å²) in [5.74, 6) is -0.0377. The van der Waals surface area contributed by atoms with Gasteiger partial charge in [-0.25, -0.2) is 9.18 Å². The number of carbonyl (C=O) groups excluding carboxylic acids is 2. The molecule has 0 bridgehead atoms. The number of ether oxygens (including phenoxy) is 2. The van der Waals surface area contributed by atoms with Gasteiger partial charge < -0.3 is 24.6 Å². The summed E-state index contributed by atoms with van der Waals surface area (Å²) < 4.78 is 25.3. The first-order chi connectivity index (χ1) is 16.0. The fraction of sp³-hybridized carbons (Fsp3) is 0.609. The van der Waals surface area contributed by atoms with Crippen LogP contribution in [0.25, 0.3) is 0 Å². The maximum atomic E-state index is 15.0. The second kappa shape index (κ2) is 10.6. The number of anilines is 2. The highest BCUT2D eigenvalue weighted by Gasteiger charge is 2.33. The molecule has 8 nitrogen and oxygen atoms in total. The number of rotatable bonds is 7. The average molecular weight is 479 g/mol. The minimum absolute atomic E-state index is 0.0534. The van der Waals surface area contributed by atoms with Gasteiger partial charge in [-0.05, 0) is 31.0 Å². The number of halogens is 1. The summed E-state index contributed by atoms with van der Waals surface area (Å²) in [6.07, 6.45) is 3.84. The Labute approximate surface area is 199 Å². The van der Waals surface area contributed by atoms with Crippen LogP contribution in [0.15, 0.2) is 18.2 Å². The average Bonchev–Trinajstić information content (AvgIpc) is 3.48. The van der Waals surface area contributed by atoms with Gasteiger partial charge in [0.1, 0.15) is 18.5 Å². The van der Waals surface area contributed by atoms with Gasteiger partial charge in [-0.3, -0.25) is 9.69 Å². The maximum absolute atomic E-state index is 15.0. The van der Waals surface area contributed by atoms with Crippen molar-refractivity contribution in [2.75, 3.05) is 62.8 Å². The molecule has 1 saturated carbocycles. The smallest absolute Gasteiger partial charge is 0.414 e. The van der Waals surface area contributed by atoms with Crippen molar-refractivity contribution in [2.24, 2.45) is 5.92 Å². The monoisotopic (exact) mass is 478 g/mol. The molecule has 0 aromatic heterocycles. The SMILES string of the molecule is COCC(=O)N1CCN(c2ccc(N3CC(CNC(=S)C4CCCC4)OC3=O)cc2F)CC1.